The molecule has 2 aromatic rings. The Morgan fingerprint density at radius 2 is 1.79 bits per heavy atom. The Bertz CT molecular complexity index is 564. The van der Waals surface area contributed by atoms with Crippen LogP contribution in [0, 0.1) is 0 Å². The van der Waals surface area contributed by atoms with Crippen molar-refractivity contribution < 1.29 is 14.6 Å². The SMILES string of the molecule is COc1ccc(C(O)c2cc(Br)c(Br)s2)cc1OC. The Morgan fingerprint density at radius 3 is 2.32 bits per heavy atom. The van der Waals surface area contributed by atoms with Crippen molar-refractivity contribution >= 4 is 43.2 Å². The second-order valence-corrected chi connectivity index (χ2v) is 7.04. The minimum Gasteiger partial charge on any atom is -0.493 e. The van der Waals surface area contributed by atoms with Crippen LogP contribution in [0.1, 0.15) is 16.5 Å². The van der Waals surface area contributed by atoms with Crippen molar-refractivity contribution in [1.29, 1.82) is 0 Å². The van der Waals surface area contributed by atoms with Crippen LogP contribution < -0.4 is 9.47 Å². The van der Waals surface area contributed by atoms with E-state index < -0.39 is 6.10 Å². The number of aliphatic hydroxyl groups is 1. The van der Waals surface area contributed by atoms with Crippen LogP contribution in [0.2, 0.25) is 0 Å². The van der Waals surface area contributed by atoms with Gasteiger partial charge in [0.2, 0.25) is 0 Å². The third-order valence-electron chi connectivity index (χ3n) is 2.66. The first kappa shape index (κ1) is 14.8. The van der Waals surface area contributed by atoms with Crippen LogP contribution in [0.15, 0.2) is 32.5 Å². The van der Waals surface area contributed by atoms with Gasteiger partial charge in [-0.05, 0) is 55.6 Å². The van der Waals surface area contributed by atoms with Crippen LogP contribution >= 0.6 is 43.2 Å². The monoisotopic (exact) mass is 406 g/mol. The molecule has 1 N–H and O–H groups in total. The molecule has 3 nitrogen and oxygen atoms in total. The van der Waals surface area contributed by atoms with Gasteiger partial charge in [-0.2, -0.15) is 0 Å². The molecule has 0 saturated heterocycles. The number of ether oxygens (including phenoxy) is 2. The molecule has 0 fully saturated rings. The second-order valence-electron chi connectivity index (χ2n) is 3.79. The van der Waals surface area contributed by atoms with Crippen molar-refractivity contribution in [2.45, 2.75) is 6.10 Å². The lowest BCUT2D eigenvalue weighted by Gasteiger charge is -2.13. The molecule has 1 unspecified atom stereocenters. The first-order valence-electron chi connectivity index (χ1n) is 5.41. The van der Waals surface area contributed by atoms with Gasteiger partial charge in [-0.3, -0.25) is 0 Å². The molecule has 1 aromatic carbocycles. The Kier molecular flexibility index (Phi) is 4.89. The summed E-state index contributed by atoms with van der Waals surface area (Å²) in [5.41, 5.74) is 0.763. The number of hydrogen-bond donors (Lipinski definition) is 1. The topological polar surface area (TPSA) is 38.7 Å². The van der Waals surface area contributed by atoms with E-state index in [1.165, 1.54) is 11.3 Å². The average molecular weight is 408 g/mol. The predicted molar refractivity (Wildman–Crippen MR) is 83.3 cm³/mol. The maximum absolute atomic E-state index is 10.4. The Hall–Kier alpha value is -0.560. The van der Waals surface area contributed by atoms with Crippen LogP contribution in [0.5, 0.6) is 11.5 Å². The molecule has 0 amide bonds. The number of hydrogen-bond acceptors (Lipinski definition) is 4. The molecule has 0 spiro atoms. The fraction of sp³-hybridized carbons (Fsp3) is 0.231. The zero-order chi connectivity index (χ0) is 14.0. The molecule has 1 aromatic heterocycles. The molecule has 6 heteroatoms. The summed E-state index contributed by atoms with van der Waals surface area (Å²) >= 11 is 8.33. The molecular formula is C13H12Br2O3S. The lowest BCUT2D eigenvalue weighted by molar-refractivity contribution is 0.223. The molecule has 0 bridgehead atoms. The molecule has 19 heavy (non-hydrogen) atoms. The van der Waals surface area contributed by atoms with E-state index in [1.807, 2.05) is 12.1 Å². The number of thiophene rings is 1. The fourth-order valence-electron chi connectivity index (χ4n) is 1.69. The standard InChI is InChI=1S/C13H12Br2O3S/c1-17-9-4-3-7(5-10(9)18-2)12(16)11-6-8(14)13(15)19-11/h3-6,12,16H,1-2H3. The Morgan fingerprint density at radius 1 is 1.11 bits per heavy atom. The minimum absolute atomic E-state index is 0.605. The molecule has 102 valence electrons. The summed E-state index contributed by atoms with van der Waals surface area (Å²) in [7, 11) is 3.16. The predicted octanol–water partition coefficient (Wildman–Crippen LogP) is 4.37. The highest BCUT2D eigenvalue weighted by atomic mass is 79.9. The summed E-state index contributed by atoms with van der Waals surface area (Å²) in [6, 6.07) is 7.30. The fourth-order valence-corrected chi connectivity index (χ4v) is 3.79. The average Bonchev–Trinajstić information content (AvgIpc) is 2.77. The number of rotatable bonds is 4. The van der Waals surface area contributed by atoms with E-state index in [0.717, 1.165) is 18.7 Å². The Labute approximate surface area is 132 Å². The molecule has 2 rings (SSSR count). The Balaban J connectivity index is 2.35. The maximum Gasteiger partial charge on any atom is 0.161 e. The van der Waals surface area contributed by atoms with E-state index in [0.29, 0.717) is 11.5 Å². The molecular weight excluding hydrogens is 396 g/mol. The lowest BCUT2D eigenvalue weighted by atomic mass is 10.1. The molecule has 0 aliphatic rings. The zero-order valence-corrected chi connectivity index (χ0v) is 14.3. The molecule has 1 heterocycles. The van der Waals surface area contributed by atoms with Gasteiger partial charge in [0.15, 0.2) is 11.5 Å². The van der Waals surface area contributed by atoms with Gasteiger partial charge >= 0.3 is 0 Å². The largest absolute Gasteiger partial charge is 0.493 e. The van der Waals surface area contributed by atoms with E-state index in [-0.39, 0.29) is 0 Å². The lowest BCUT2D eigenvalue weighted by Crippen LogP contribution is -1.99. The summed E-state index contributed by atoms with van der Waals surface area (Å²) in [6.45, 7) is 0. The smallest absolute Gasteiger partial charge is 0.161 e. The quantitative estimate of drug-likeness (QED) is 0.817. The highest BCUT2D eigenvalue weighted by molar-refractivity contribution is 9.13. The van der Waals surface area contributed by atoms with Crippen LogP contribution in [0.3, 0.4) is 0 Å². The van der Waals surface area contributed by atoms with Gasteiger partial charge in [0.1, 0.15) is 6.10 Å². The minimum atomic E-state index is -0.688. The maximum atomic E-state index is 10.4. The van der Waals surface area contributed by atoms with E-state index in [9.17, 15) is 5.11 Å². The molecule has 0 radical (unpaired) electrons. The summed E-state index contributed by atoms with van der Waals surface area (Å²) in [5, 5.41) is 10.4. The van der Waals surface area contributed by atoms with E-state index in [2.05, 4.69) is 31.9 Å². The molecule has 0 aliphatic carbocycles. The third kappa shape index (κ3) is 3.13. The molecule has 1 atom stereocenters. The second kappa shape index (κ2) is 6.26. The normalized spacial score (nSPS) is 12.3. The van der Waals surface area contributed by atoms with Crippen molar-refractivity contribution in [1.82, 2.24) is 0 Å². The first-order chi connectivity index (χ1) is 9.06. The summed E-state index contributed by atoms with van der Waals surface area (Å²) in [5.74, 6) is 1.25. The van der Waals surface area contributed by atoms with Crippen molar-refractivity contribution in [2.75, 3.05) is 14.2 Å². The van der Waals surface area contributed by atoms with Crippen molar-refractivity contribution in [3.05, 3.63) is 43.0 Å². The van der Waals surface area contributed by atoms with Gasteiger partial charge < -0.3 is 14.6 Å². The van der Waals surface area contributed by atoms with Gasteiger partial charge in [-0.1, -0.05) is 6.07 Å². The number of methoxy groups -OCH3 is 2. The number of benzene rings is 1. The van der Waals surface area contributed by atoms with E-state index >= 15 is 0 Å². The van der Waals surface area contributed by atoms with Gasteiger partial charge in [0, 0.05) is 9.35 Å². The van der Waals surface area contributed by atoms with Gasteiger partial charge in [-0.25, -0.2) is 0 Å². The van der Waals surface area contributed by atoms with Crippen LogP contribution in [-0.2, 0) is 0 Å². The van der Waals surface area contributed by atoms with Gasteiger partial charge in [-0.15, -0.1) is 11.3 Å². The first-order valence-corrected chi connectivity index (χ1v) is 7.81. The highest BCUT2D eigenvalue weighted by Crippen LogP contribution is 2.39. The van der Waals surface area contributed by atoms with E-state index in [1.54, 1.807) is 26.4 Å². The van der Waals surface area contributed by atoms with Crippen LogP contribution in [-0.4, -0.2) is 19.3 Å². The number of halogens is 2. The third-order valence-corrected chi connectivity index (χ3v) is 5.97. The summed E-state index contributed by atoms with van der Waals surface area (Å²) in [6.07, 6.45) is -0.688. The van der Waals surface area contributed by atoms with Crippen molar-refractivity contribution in [2.24, 2.45) is 0 Å². The van der Waals surface area contributed by atoms with Gasteiger partial charge in [0.05, 0.1) is 18.0 Å². The van der Waals surface area contributed by atoms with Crippen molar-refractivity contribution in [3.8, 4) is 11.5 Å². The van der Waals surface area contributed by atoms with Crippen molar-refractivity contribution in [3.63, 3.8) is 0 Å². The van der Waals surface area contributed by atoms with Gasteiger partial charge in [0.25, 0.3) is 0 Å². The van der Waals surface area contributed by atoms with Crippen LogP contribution in [0.25, 0.3) is 0 Å². The van der Waals surface area contributed by atoms with E-state index in [4.69, 9.17) is 9.47 Å². The molecule has 0 saturated carbocycles. The summed E-state index contributed by atoms with van der Waals surface area (Å²) in [4.78, 5) is 0.853. The number of aliphatic hydroxyl groups excluding tert-OH is 1. The highest BCUT2D eigenvalue weighted by Gasteiger charge is 2.17. The summed E-state index contributed by atoms with van der Waals surface area (Å²) < 4.78 is 12.3. The molecule has 0 aliphatic heterocycles. The zero-order valence-electron chi connectivity index (χ0n) is 10.3. The van der Waals surface area contributed by atoms with Crippen LogP contribution in [0.4, 0.5) is 0 Å².